The van der Waals surface area contributed by atoms with Gasteiger partial charge in [0.25, 0.3) is 0 Å². The van der Waals surface area contributed by atoms with Gasteiger partial charge in [-0.1, -0.05) is 28.9 Å². The number of aryl methyl sites for hydroxylation is 1. The van der Waals surface area contributed by atoms with E-state index in [1.54, 1.807) is 0 Å². The minimum Gasteiger partial charge on any atom is -0.338 e. The average Bonchev–Trinajstić information content (AvgIpc) is 2.91. The number of hydrogen-bond acceptors (Lipinski definition) is 6. The first-order chi connectivity index (χ1) is 10.5. The highest BCUT2D eigenvalue weighted by molar-refractivity contribution is 7.90. The highest BCUT2D eigenvalue weighted by atomic mass is 32.2. The van der Waals surface area contributed by atoms with Crippen molar-refractivity contribution in [3.05, 3.63) is 35.7 Å². The largest absolute Gasteiger partial charge is 0.338 e. The summed E-state index contributed by atoms with van der Waals surface area (Å²) in [5.74, 6) is 0.241. The lowest BCUT2D eigenvalue weighted by molar-refractivity contribution is 0.389. The molecule has 1 aromatic carbocycles. The van der Waals surface area contributed by atoms with Gasteiger partial charge in [-0.2, -0.15) is 10.2 Å². The van der Waals surface area contributed by atoms with E-state index in [-0.39, 0.29) is 17.4 Å². The van der Waals surface area contributed by atoms with E-state index in [1.165, 1.54) is 0 Å². The zero-order valence-electron chi connectivity index (χ0n) is 12.3. The van der Waals surface area contributed by atoms with Crippen LogP contribution in [-0.4, -0.2) is 24.3 Å². The standard InChI is InChI=1S/C15H17N3O3S/c1-12-6-5-7-13(10-12)15-17-14(21-18-15)11-22(19,20)9-4-2-3-8-16/h5-7,10H,2-4,9,11H2,1H3. The van der Waals surface area contributed by atoms with Crippen molar-refractivity contribution in [1.82, 2.24) is 10.1 Å². The highest BCUT2D eigenvalue weighted by Gasteiger charge is 2.17. The van der Waals surface area contributed by atoms with Gasteiger partial charge in [-0.15, -0.1) is 0 Å². The zero-order valence-corrected chi connectivity index (χ0v) is 13.1. The Bertz CT molecular complexity index is 775. The molecule has 0 atom stereocenters. The lowest BCUT2D eigenvalue weighted by atomic mass is 10.1. The molecule has 22 heavy (non-hydrogen) atoms. The number of hydrogen-bond donors (Lipinski definition) is 0. The van der Waals surface area contributed by atoms with Gasteiger partial charge in [0, 0.05) is 12.0 Å². The number of unbranched alkanes of at least 4 members (excludes halogenated alkanes) is 2. The van der Waals surface area contributed by atoms with Crippen molar-refractivity contribution in [2.45, 2.75) is 31.9 Å². The predicted molar refractivity (Wildman–Crippen MR) is 81.4 cm³/mol. The molecule has 0 aliphatic heterocycles. The second-order valence-corrected chi connectivity index (χ2v) is 7.27. The number of rotatable bonds is 7. The molecular weight excluding hydrogens is 302 g/mol. The Hall–Kier alpha value is -2.20. The maximum atomic E-state index is 12.0. The van der Waals surface area contributed by atoms with Gasteiger partial charge in [0.1, 0.15) is 5.75 Å². The Morgan fingerprint density at radius 2 is 2.14 bits per heavy atom. The van der Waals surface area contributed by atoms with Crippen LogP contribution in [0.2, 0.25) is 0 Å². The highest BCUT2D eigenvalue weighted by Crippen LogP contribution is 2.18. The smallest absolute Gasteiger partial charge is 0.242 e. The molecule has 116 valence electrons. The summed E-state index contributed by atoms with van der Waals surface area (Å²) >= 11 is 0. The number of benzene rings is 1. The molecule has 0 radical (unpaired) electrons. The summed E-state index contributed by atoms with van der Waals surface area (Å²) in [7, 11) is -3.30. The van der Waals surface area contributed by atoms with Crippen LogP contribution in [0, 0.1) is 18.3 Å². The maximum Gasteiger partial charge on any atom is 0.242 e. The van der Waals surface area contributed by atoms with Gasteiger partial charge in [0.05, 0.1) is 11.8 Å². The van der Waals surface area contributed by atoms with Crippen LogP contribution in [0.15, 0.2) is 28.8 Å². The third-order valence-corrected chi connectivity index (χ3v) is 4.68. The van der Waals surface area contributed by atoms with E-state index in [9.17, 15) is 8.42 Å². The lowest BCUT2D eigenvalue weighted by Gasteiger charge is -1.99. The molecule has 1 aromatic heterocycles. The minimum atomic E-state index is -3.30. The van der Waals surface area contributed by atoms with E-state index < -0.39 is 9.84 Å². The Morgan fingerprint density at radius 3 is 2.86 bits per heavy atom. The molecule has 0 unspecified atom stereocenters. The summed E-state index contributed by atoms with van der Waals surface area (Å²) in [6.45, 7) is 1.95. The van der Waals surface area contributed by atoms with Crippen molar-refractivity contribution in [3.63, 3.8) is 0 Å². The lowest BCUT2D eigenvalue weighted by Crippen LogP contribution is -2.09. The fourth-order valence-corrected chi connectivity index (χ4v) is 3.28. The molecule has 2 rings (SSSR count). The van der Waals surface area contributed by atoms with Crippen LogP contribution >= 0.6 is 0 Å². The molecule has 0 aliphatic carbocycles. The van der Waals surface area contributed by atoms with Crippen LogP contribution in [0.25, 0.3) is 11.4 Å². The van der Waals surface area contributed by atoms with Crippen LogP contribution in [-0.2, 0) is 15.6 Å². The van der Waals surface area contributed by atoms with Gasteiger partial charge in [-0.25, -0.2) is 8.42 Å². The Morgan fingerprint density at radius 1 is 1.32 bits per heavy atom. The molecule has 7 heteroatoms. The normalized spacial score (nSPS) is 11.3. The topological polar surface area (TPSA) is 96.9 Å². The van der Waals surface area contributed by atoms with Gasteiger partial charge in [-0.3, -0.25) is 0 Å². The second-order valence-electron chi connectivity index (χ2n) is 5.09. The van der Waals surface area contributed by atoms with Gasteiger partial charge >= 0.3 is 0 Å². The molecular formula is C15H17N3O3S. The number of sulfone groups is 1. The van der Waals surface area contributed by atoms with Crippen LogP contribution in [0.3, 0.4) is 0 Å². The summed E-state index contributed by atoms with van der Waals surface area (Å²) in [5, 5.41) is 12.3. The molecule has 0 aliphatic rings. The molecule has 0 amide bonds. The fourth-order valence-electron chi connectivity index (χ4n) is 2.00. The van der Waals surface area contributed by atoms with Gasteiger partial charge in [0.2, 0.25) is 11.7 Å². The van der Waals surface area contributed by atoms with E-state index in [0.717, 1.165) is 11.1 Å². The van der Waals surface area contributed by atoms with Crippen LogP contribution in [0.5, 0.6) is 0 Å². The van der Waals surface area contributed by atoms with E-state index in [2.05, 4.69) is 10.1 Å². The first kappa shape index (κ1) is 16.2. The Kier molecular flexibility index (Phi) is 5.28. The van der Waals surface area contributed by atoms with Gasteiger partial charge in [0.15, 0.2) is 9.84 Å². The summed E-state index contributed by atoms with van der Waals surface area (Å²) in [6.07, 6.45) is 1.41. The third kappa shape index (κ3) is 4.67. The molecule has 0 saturated heterocycles. The molecule has 0 saturated carbocycles. The van der Waals surface area contributed by atoms with E-state index in [4.69, 9.17) is 9.78 Å². The maximum absolute atomic E-state index is 12.0. The molecule has 0 spiro atoms. The van der Waals surface area contributed by atoms with E-state index >= 15 is 0 Å². The Balaban J connectivity index is 2.01. The van der Waals surface area contributed by atoms with E-state index in [1.807, 2.05) is 37.3 Å². The number of nitriles is 1. The molecule has 1 heterocycles. The van der Waals surface area contributed by atoms with E-state index in [0.29, 0.717) is 25.1 Å². The van der Waals surface area contributed by atoms with Crippen LogP contribution < -0.4 is 0 Å². The summed E-state index contributed by atoms with van der Waals surface area (Å²) < 4.78 is 28.9. The second kappa shape index (κ2) is 7.18. The molecule has 6 nitrogen and oxygen atoms in total. The number of nitrogens with zero attached hydrogens (tertiary/aromatic N) is 3. The summed E-state index contributed by atoms with van der Waals surface area (Å²) in [4.78, 5) is 4.14. The third-order valence-electron chi connectivity index (χ3n) is 3.08. The van der Waals surface area contributed by atoms with Crippen molar-refractivity contribution in [3.8, 4) is 17.5 Å². The van der Waals surface area contributed by atoms with Crippen molar-refractivity contribution >= 4 is 9.84 Å². The van der Waals surface area contributed by atoms with Crippen molar-refractivity contribution in [2.75, 3.05) is 5.75 Å². The minimum absolute atomic E-state index is 0.0246. The average molecular weight is 319 g/mol. The summed E-state index contributed by atoms with van der Waals surface area (Å²) in [6, 6.07) is 9.58. The quantitative estimate of drug-likeness (QED) is 0.728. The zero-order chi connectivity index (χ0) is 16.0. The van der Waals surface area contributed by atoms with Crippen LogP contribution in [0.1, 0.15) is 30.7 Å². The van der Waals surface area contributed by atoms with Gasteiger partial charge in [-0.05, 0) is 25.8 Å². The molecule has 0 fully saturated rings. The molecule has 2 aromatic rings. The first-order valence-corrected chi connectivity index (χ1v) is 8.79. The van der Waals surface area contributed by atoms with Crippen molar-refractivity contribution in [1.29, 1.82) is 5.26 Å². The monoisotopic (exact) mass is 319 g/mol. The first-order valence-electron chi connectivity index (χ1n) is 6.97. The Labute approximate surface area is 129 Å². The SMILES string of the molecule is Cc1cccc(-c2noc(CS(=O)(=O)CCCCC#N)n2)c1. The number of aromatic nitrogens is 2. The molecule has 0 N–H and O–H groups in total. The summed E-state index contributed by atoms with van der Waals surface area (Å²) in [5.41, 5.74) is 1.86. The van der Waals surface area contributed by atoms with Crippen molar-refractivity contribution < 1.29 is 12.9 Å². The van der Waals surface area contributed by atoms with Crippen LogP contribution in [0.4, 0.5) is 0 Å². The molecule has 0 bridgehead atoms. The predicted octanol–water partition coefficient (Wildman–Crippen LogP) is 2.65. The fraction of sp³-hybridized carbons (Fsp3) is 0.400. The van der Waals surface area contributed by atoms with Gasteiger partial charge < -0.3 is 4.52 Å². The van der Waals surface area contributed by atoms with Crippen molar-refractivity contribution in [2.24, 2.45) is 0 Å².